The highest BCUT2D eigenvalue weighted by molar-refractivity contribution is 5.97. The van der Waals surface area contributed by atoms with Crippen molar-refractivity contribution in [1.29, 1.82) is 0 Å². The van der Waals surface area contributed by atoms with E-state index in [4.69, 9.17) is 0 Å². The Labute approximate surface area is 113 Å². The molecule has 2 aliphatic rings. The van der Waals surface area contributed by atoms with Gasteiger partial charge in [0.25, 0.3) is 0 Å². The van der Waals surface area contributed by atoms with Crippen LogP contribution in [0.15, 0.2) is 0 Å². The molecule has 0 radical (unpaired) electrons. The summed E-state index contributed by atoms with van der Waals surface area (Å²) < 4.78 is 0. The number of imide groups is 1. The zero-order valence-electron chi connectivity index (χ0n) is 11.3. The first-order valence-corrected chi connectivity index (χ1v) is 7.16. The van der Waals surface area contributed by atoms with Crippen LogP contribution in [-0.4, -0.2) is 34.2 Å². The molecule has 2 rings (SSSR count). The van der Waals surface area contributed by atoms with E-state index >= 15 is 0 Å². The van der Waals surface area contributed by atoms with Crippen molar-refractivity contribution in [2.75, 3.05) is 0 Å². The van der Waals surface area contributed by atoms with Crippen LogP contribution in [0, 0.1) is 17.8 Å². The van der Waals surface area contributed by atoms with Crippen LogP contribution in [0.1, 0.15) is 45.4 Å². The van der Waals surface area contributed by atoms with E-state index in [-0.39, 0.29) is 29.6 Å². The second-order valence-corrected chi connectivity index (χ2v) is 6.11. The average molecular weight is 269 g/mol. The Hall–Kier alpha value is -0.940. The maximum Gasteiger partial charge on any atom is 0.226 e. The fourth-order valence-electron chi connectivity index (χ4n) is 3.40. The van der Waals surface area contributed by atoms with Gasteiger partial charge in [-0.25, -0.2) is 0 Å². The molecular weight excluding hydrogens is 246 g/mol. The first-order chi connectivity index (χ1) is 8.97. The van der Waals surface area contributed by atoms with Gasteiger partial charge in [0.05, 0.1) is 12.2 Å². The molecule has 19 heavy (non-hydrogen) atoms. The molecule has 5 heteroatoms. The third kappa shape index (κ3) is 3.54. The average Bonchev–Trinajstić information content (AvgIpc) is 2.31. The molecule has 2 fully saturated rings. The van der Waals surface area contributed by atoms with Crippen LogP contribution in [0.3, 0.4) is 0 Å². The van der Waals surface area contributed by atoms with E-state index < -0.39 is 12.2 Å². The lowest BCUT2D eigenvalue weighted by Gasteiger charge is -2.37. The van der Waals surface area contributed by atoms with Gasteiger partial charge in [-0.15, -0.1) is 0 Å². The van der Waals surface area contributed by atoms with Crippen LogP contribution in [0.25, 0.3) is 0 Å². The molecule has 0 bridgehead atoms. The molecule has 1 saturated carbocycles. The Morgan fingerprint density at radius 3 is 2.53 bits per heavy atom. The number of hydrogen-bond donors (Lipinski definition) is 3. The number of carbonyl (C=O) groups is 2. The smallest absolute Gasteiger partial charge is 0.226 e. The van der Waals surface area contributed by atoms with Gasteiger partial charge in [0, 0.05) is 18.8 Å². The number of aliphatic hydroxyl groups is 2. The van der Waals surface area contributed by atoms with Crippen molar-refractivity contribution < 1.29 is 19.8 Å². The van der Waals surface area contributed by atoms with E-state index in [9.17, 15) is 19.8 Å². The van der Waals surface area contributed by atoms with Crippen LogP contribution in [0.2, 0.25) is 0 Å². The molecule has 1 aliphatic heterocycles. The fraction of sp³-hybridized carbons (Fsp3) is 0.857. The standard InChI is InChI=1S/C14H23NO4/c1-8-3-2-4-10(14(8)19)11(16)5-9-6-12(17)15-13(18)7-9/h8-11,14,16,19H,2-7H2,1H3,(H,15,17,18)/t8-,10-,11-,14-/m1/s1. The molecule has 4 atom stereocenters. The molecule has 0 unspecified atom stereocenters. The lowest BCUT2D eigenvalue weighted by molar-refractivity contribution is -0.135. The summed E-state index contributed by atoms with van der Waals surface area (Å²) in [5.41, 5.74) is 0. The van der Waals surface area contributed by atoms with Gasteiger partial charge in [-0.1, -0.05) is 13.3 Å². The fourth-order valence-corrected chi connectivity index (χ4v) is 3.40. The maximum absolute atomic E-state index is 11.3. The highest BCUT2D eigenvalue weighted by Gasteiger charge is 2.36. The SMILES string of the molecule is C[C@@H]1CCC[C@H]([C@H](O)CC2CC(=O)NC(=O)C2)[C@@H]1O. The minimum atomic E-state index is -0.624. The molecule has 108 valence electrons. The van der Waals surface area contributed by atoms with Gasteiger partial charge in [-0.05, 0) is 31.1 Å². The zero-order valence-corrected chi connectivity index (χ0v) is 11.3. The summed E-state index contributed by atoms with van der Waals surface area (Å²) in [6, 6.07) is 0. The predicted molar refractivity (Wildman–Crippen MR) is 69.0 cm³/mol. The number of rotatable bonds is 3. The Morgan fingerprint density at radius 1 is 1.26 bits per heavy atom. The molecule has 0 aromatic carbocycles. The van der Waals surface area contributed by atoms with Crippen molar-refractivity contribution in [3.8, 4) is 0 Å². The largest absolute Gasteiger partial charge is 0.393 e. The molecule has 0 aromatic heterocycles. The highest BCUT2D eigenvalue weighted by atomic mass is 16.3. The highest BCUT2D eigenvalue weighted by Crippen LogP contribution is 2.34. The summed E-state index contributed by atoms with van der Waals surface area (Å²) in [6.45, 7) is 2.00. The minimum absolute atomic E-state index is 0.0966. The van der Waals surface area contributed by atoms with Crippen molar-refractivity contribution in [2.45, 2.75) is 57.7 Å². The summed E-state index contributed by atoms with van der Waals surface area (Å²) in [5, 5.41) is 22.7. The molecule has 0 aromatic rings. The molecule has 1 saturated heterocycles. The van der Waals surface area contributed by atoms with Gasteiger partial charge in [0.15, 0.2) is 0 Å². The number of amides is 2. The van der Waals surface area contributed by atoms with E-state index in [1.807, 2.05) is 6.92 Å². The zero-order chi connectivity index (χ0) is 14.0. The number of nitrogens with one attached hydrogen (secondary N) is 1. The Bertz CT molecular complexity index is 341. The van der Waals surface area contributed by atoms with Gasteiger partial charge in [0.1, 0.15) is 0 Å². The van der Waals surface area contributed by atoms with Crippen molar-refractivity contribution in [3.05, 3.63) is 0 Å². The van der Waals surface area contributed by atoms with Gasteiger partial charge in [-0.3, -0.25) is 14.9 Å². The first-order valence-electron chi connectivity index (χ1n) is 7.16. The Morgan fingerprint density at radius 2 is 1.89 bits per heavy atom. The number of hydrogen-bond acceptors (Lipinski definition) is 4. The van der Waals surface area contributed by atoms with E-state index in [2.05, 4.69) is 5.32 Å². The summed E-state index contributed by atoms with van der Waals surface area (Å²) in [7, 11) is 0. The van der Waals surface area contributed by atoms with E-state index in [0.717, 1.165) is 19.3 Å². The molecule has 1 heterocycles. The molecular formula is C14H23NO4. The van der Waals surface area contributed by atoms with Gasteiger partial charge in [0.2, 0.25) is 11.8 Å². The minimum Gasteiger partial charge on any atom is -0.393 e. The second kappa shape index (κ2) is 6.01. The second-order valence-electron chi connectivity index (χ2n) is 6.11. The molecule has 1 aliphatic carbocycles. The third-order valence-corrected chi connectivity index (χ3v) is 4.51. The molecule has 2 amide bonds. The quantitative estimate of drug-likeness (QED) is 0.654. The lowest BCUT2D eigenvalue weighted by atomic mass is 9.74. The molecule has 0 spiro atoms. The van der Waals surface area contributed by atoms with E-state index in [1.165, 1.54) is 0 Å². The van der Waals surface area contributed by atoms with Crippen LogP contribution >= 0.6 is 0 Å². The van der Waals surface area contributed by atoms with E-state index in [1.54, 1.807) is 0 Å². The first kappa shape index (κ1) is 14.5. The topological polar surface area (TPSA) is 86.6 Å². The van der Waals surface area contributed by atoms with Crippen molar-refractivity contribution in [2.24, 2.45) is 17.8 Å². The van der Waals surface area contributed by atoms with Crippen molar-refractivity contribution in [1.82, 2.24) is 5.32 Å². The molecule has 3 N–H and O–H groups in total. The van der Waals surface area contributed by atoms with Gasteiger partial charge >= 0.3 is 0 Å². The summed E-state index contributed by atoms with van der Waals surface area (Å²) in [4.78, 5) is 22.6. The maximum atomic E-state index is 11.3. The monoisotopic (exact) mass is 269 g/mol. The lowest BCUT2D eigenvalue weighted by Crippen LogP contribution is -2.43. The number of piperidine rings is 1. The summed E-state index contributed by atoms with van der Waals surface area (Å²) in [6.07, 6.45) is 2.74. The number of aliphatic hydroxyl groups excluding tert-OH is 2. The van der Waals surface area contributed by atoms with Crippen LogP contribution in [0.5, 0.6) is 0 Å². The Kier molecular flexibility index (Phi) is 4.58. The van der Waals surface area contributed by atoms with E-state index in [0.29, 0.717) is 19.3 Å². The predicted octanol–water partition coefficient (Wildman–Crippen LogP) is 0.587. The molecule has 5 nitrogen and oxygen atoms in total. The van der Waals surface area contributed by atoms with Crippen LogP contribution in [-0.2, 0) is 9.59 Å². The number of carbonyl (C=O) groups excluding carboxylic acids is 2. The van der Waals surface area contributed by atoms with Gasteiger partial charge in [-0.2, -0.15) is 0 Å². The Balaban J connectivity index is 1.91. The van der Waals surface area contributed by atoms with Crippen LogP contribution < -0.4 is 5.32 Å². The summed E-state index contributed by atoms with van der Waals surface area (Å²) >= 11 is 0. The normalized spacial score (nSPS) is 35.0. The van der Waals surface area contributed by atoms with Gasteiger partial charge < -0.3 is 10.2 Å². The third-order valence-electron chi connectivity index (χ3n) is 4.51. The summed E-state index contributed by atoms with van der Waals surface area (Å²) in [5.74, 6) is -0.522. The van der Waals surface area contributed by atoms with Crippen LogP contribution in [0.4, 0.5) is 0 Å². The van der Waals surface area contributed by atoms with Crippen molar-refractivity contribution in [3.63, 3.8) is 0 Å². The van der Waals surface area contributed by atoms with Crippen molar-refractivity contribution >= 4 is 11.8 Å².